The molecule has 1 saturated heterocycles. The lowest BCUT2D eigenvalue weighted by atomic mass is 10.2. The summed E-state index contributed by atoms with van der Waals surface area (Å²) in [4.78, 5) is 31.4. The molecule has 0 aliphatic carbocycles. The molecule has 0 bridgehead atoms. The molecule has 0 spiro atoms. The lowest BCUT2D eigenvalue weighted by molar-refractivity contribution is -0.128. The number of aliphatic imine (C=N–C) groups is 1. The summed E-state index contributed by atoms with van der Waals surface area (Å²) in [6.45, 7) is 4.49. The quantitative estimate of drug-likeness (QED) is 0.778. The zero-order valence-corrected chi connectivity index (χ0v) is 16.6. The second-order valence-corrected chi connectivity index (χ2v) is 7.68. The second kappa shape index (κ2) is 9.01. The number of carbonyl (C=O) groups excluding carboxylic acids is 2. The van der Waals surface area contributed by atoms with Gasteiger partial charge in [0.1, 0.15) is 11.1 Å². The van der Waals surface area contributed by atoms with Crippen molar-refractivity contribution in [3.63, 3.8) is 0 Å². The van der Waals surface area contributed by atoms with Crippen LogP contribution in [0.4, 0.5) is 15.8 Å². The van der Waals surface area contributed by atoms with E-state index >= 15 is 0 Å². The minimum Gasteiger partial charge on any atom is -0.324 e. The van der Waals surface area contributed by atoms with Crippen LogP contribution >= 0.6 is 11.8 Å². The van der Waals surface area contributed by atoms with Gasteiger partial charge in [-0.3, -0.25) is 14.5 Å². The van der Waals surface area contributed by atoms with Crippen LogP contribution in [-0.2, 0) is 9.59 Å². The molecule has 0 unspecified atom stereocenters. The predicted molar refractivity (Wildman–Crippen MR) is 111 cm³/mol. The van der Waals surface area contributed by atoms with E-state index in [4.69, 9.17) is 0 Å². The van der Waals surface area contributed by atoms with Gasteiger partial charge in [0.15, 0.2) is 5.17 Å². The van der Waals surface area contributed by atoms with E-state index in [9.17, 15) is 14.0 Å². The van der Waals surface area contributed by atoms with Crippen molar-refractivity contribution >= 4 is 40.1 Å². The predicted octanol–water partition coefficient (Wildman–Crippen LogP) is 4.50. The fourth-order valence-corrected chi connectivity index (χ4v) is 4.06. The first-order valence-electron chi connectivity index (χ1n) is 9.16. The lowest BCUT2D eigenvalue weighted by Gasteiger charge is -2.15. The number of carbonyl (C=O) groups is 2. The maximum Gasteiger partial charge on any atom is 0.242 e. The number of amides is 2. The maximum absolute atomic E-state index is 13.7. The van der Waals surface area contributed by atoms with Crippen molar-refractivity contribution in [2.75, 3.05) is 11.9 Å². The van der Waals surface area contributed by atoms with Crippen molar-refractivity contribution in [2.24, 2.45) is 4.99 Å². The van der Waals surface area contributed by atoms with Crippen LogP contribution in [0.5, 0.6) is 0 Å². The van der Waals surface area contributed by atoms with Gasteiger partial charge in [0.05, 0.1) is 11.4 Å². The van der Waals surface area contributed by atoms with Crippen molar-refractivity contribution in [3.05, 3.63) is 59.9 Å². The van der Waals surface area contributed by atoms with Gasteiger partial charge in [0.2, 0.25) is 11.8 Å². The van der Waals surface area contributed by atoms with E-state index < -0.39 is 17.0 Å². The highest BCUT2D eigenvalue weighted by molar-refractivity contribution is 8.15. The van der Waals surface area contributed by atoms with Crippen LogP contribution in [0.3, 0.4) is 0 Å². The van der Waals surface area contributed by atoms with Gasteiger partial charge in [0.25, 0.3) is 0 Å². The molecule has 1 fully saturated rings. The van der Waals surface area contributed by atoms with E-state index in [1.54, 1.807) is 17.0 Å². The highest BCUT2D eigenvalue weighted by atomic mass is 32.2. The molecule has 2 aromatic rings. The third kappa shape index (κ3) is 4.59. The number of amidine groups is 1. The smallest absolute Gasteiger partial charge is 0.242 e. The zero-order valence-electron chi connectivity index (χ0n) is 15.8. The van der Waals surface area contributed by atoms with E-state index in [1.165, 1.54) is 23.9 Å². The number of hydrogen-bond acceptors (Lipinski definition) is 4. The first-order valence-corrected chi connectivity index (χ1v) is 10.0. The lowest BCUT2D eigenvalue weighted by Crippen LogP contribution is -2.34. The molecule has 146 valence electrons. The Hall–Kier alpha value is -2.67. The average molecular weight is 399 g/mol. The second-order valence-electron chi connectivity index (χ2n) is 6.51. The number of para-hydroxylation sites is 2. The summed E-state index contributed by atoms with van der Waals surface area (Å²) in [7, 11) is 0. The first-order chi connectivity index (χ1) is 13.5. The zero-order chi connectivity index (χ0) is 20.1. The van der Waals surface area contributed by atoms with Crippen LogP contribution in [0, 0.1) is 12.7 Å². The van der Waals surface area contributed by atoms with Crippen molar-refractivity contribution in [2.45, 2.75) is 31.9 Å². The number of aryl methyl sites for hydroxylation is 1. The van der Waals surface area contributed by atoms with Gasteiger partial charge in [-0.2, -0.15) is 0 Å². The Labute approximate surface area is 168 Å². The van der Waals surface area contributed by atoms with Crippen molar-refractivity contribution in [1.82, 2.24) is 4.90 Å². The molecule has 5 nitrogen and oxygen atoms in total. The van der Waals surface area contributed by atoms with Crippen LogP contribution in [0.2, 0.25) is 0 Å². The van der Waals surface area contributed by atoms with Gasteiger partial charge >= 0.3 is 0 Å². The highest BCUT2D eigenvalue weighted by Crippen LogP contribution is 2.32. The summed E-state index contributed by atoms with van der Waals surface area (Å²) in [6, 6.07) is 13.7. The van der Waals surface area contributed by atoms with Gasteiger partial charge in [-0.05, 0) is 37.1 Å². The SMILES string of the molecule is CCCN1C(=O)[C@H](CC(=O)Nc2ccccc2F)SC1=Nc1ccccc1C. The third-order valence-corrected chi connectivity index (χ3v) is 5.49. The largest absolute Gasteiger partial charge is 0.324 e. The Morgan fingerprint density at radius 3 is 2.64 bits per heavy atom. The standard InChI is InChI=1S/C21H22FN3O2S/c1-3-12-25-20(27)18(13-19(26)23-17-11-7-5-9-15(17)22)28-21(25)24-16-10-6-4-8-14(16)2/h4-11,18H,3,12-13H2,1-2H3,(H,23,26)/t18-/m0/s1. The molecule has 0 aromatic heterocycles. The van der Waals surface area contributed by atoms with Crippen molar-refractivity contribution in [1.29, 1.82) is 0 Å². The number of nitrogens with one attached hydrogen (secondary N) is 1. The molecule has 28 heavy (non-hydrogen) atoms. The normalized spacial score (nSPS) is 18.0. The summed E-state index contributed by atoms with van der Waals surface area (Å²) >= 11 is 1.29. The van der Waals surface area contributed by atoms with E-state index in [1.807, 2.05) is 38.1 Å². The van der Waals surface area contributed by atoms with Gasteiger partial charge in [-0.15, -0.1) is 0 Å². The molecule has 1 N–H and O–H groups in total. The average Bonchev–Trinajstić information content (AvgIpc) is 2.94. The molecule has 2 aromatic carbocycles. The number of halogens is 1. The summed E-state index contributed by atoms with van der Waals surface area (Å²) < 4.78 is 13.7. The molecular weight excluding hydrogens is 377 g/mol. The van der Waals surface area contributed by atoms with Crippen LogP contribution in [0.25, 0.3) is 0 Å². The fourth-order valence-electron chi connectivity index (χ4n) is 2.88. The minimum absolute atomic E-state index is 0.0369. The molecule has 0 saturated carbocycles. The summed E-state index contributed by atoms with van der Waals surface area (Å²) in [5.41, 5.74) is 1.93. The number of thioether (sulfide) groups is 1. The van der Waals surface area contributed by atoms with Gasteiger partial charge in [-0.1, -0.05) is 49.0 Å². The molecule has 1 heterocycles. The third-order valence-electron chi connectivity index (χ3n) is 4.32. The fraction of sp³-hybridized carbons (Fsp3) is 0.286. The topological polar surface area (TPSA) is 61.8 Å². The van der Waals surface area contributed by atoms with E-state index in [-0.39, 0.29) is 18.0 Å². The number of rotatable bonds is 6. The van der Waals surface area contributed by atoms with Gasteiger partial charge in [-0.25, -0.2) is 9.38 Å². The summed E-state index contributed by atoms with van der Waals surface area (Å²) in [5.74, 6) is -1.04. The number of nitrogens with zero attached hydrogens (tertiary/aromatic N) is 2. The number of hydrogen-bond donors (Lipinski definition) is 1. The van der Waals surface area contributed by atoms with Crippen molar-refractivity contribution in [3.8, 4) is 0 Å². The monoisotopic (exact) mass is 399 g/mol. The first kappa shape index (κ1) is 20.1. The minimum atomic E-state index is -0.568. The van der Waals surface area contributed by atoms with Crippen LogP contribution in [0.15, 0.2) is 53.5 Å². The Kier molecular flexibility index (Phi) is 6.46. The van der Waals surface area contributed by atoms with E-state index in [0.717, 1.165) is 17.7 Å². The van der Waals surface area contributed by atoms with Gasteiger partial charge < -0.3 is 5.32 Å². The Balaban J connectivity index is 1.75. The Morgan fingerprint density at radius 1 is 1.21 bits per heavy atom. The maximum atomic E-state index is 13.7. The molecule has 1 aliphatic rings. The molecular formula is C21H22FN3O2S. The highest BCUT2D eigenvalue weighted by Gasteiger charge is 2.38. The van der Waals surface area contributed by atoms with Gasteiger partial charge in [0, 0.05) is 13.0 Å². The summed E-state index contributed by atoms with van der Waals surface area (Å²) in [6.07, 6.45) is 0.748. The van der Waals surface area contributed by atoms with Crippen LogP contribution in [-0.4, -0.2) is 33.7 Å². The molecule has 3 rings (SSSR count). The Bertz CT molecular complexity index is 916. The molecule has 1 aliphatic heterocycles. The summed E-state index contributed by atoms with van der Waals surface area (Å²) in [5, 5.41) is 2.57. The number of benzene rings is 2. The van der Waals surface area contributed by atoms with Crippen molar-refractivity contribution < 1.29 is 14.0 Å². The van der Waals surface area contributed by atoms with Crippen LogP contribution < -0.4 is 5.32 Å². The molecule has 0 radical (unpaired) electrons. The molecule has 2 amide bonds. The molecule has 1 atom stereocenters. The number of anilines is 1. The Morgan fingerprint density at radius 2 is 1.93 bits per heavy atom. The molecule has 7 heteroatoms. The van der Waals surface area contributed by atoms with E-state index in [0.29, 0.717) is 11.7 Å². The van der Waals surface area contributed by atoms with Crippen LogP contribution in [0.1, 0.15) is 25.3 Å². The van der Waals surface area contributed by atoms with E-state index in [2.05, 4.69) is 10.3 Å².